The molecule has 6 nitrogen and oxygen atoms in total. The summed E-state index contributed by atoms with van der Waals surface area (Å²) in [5, 5.41) is 10.1. The minimum Gasteiger partial charge on any atom is -0.490 e. The third-order valence-corrected chi connectivity index (χ3v) is 11.2. The average molecular weight is 803 g/mol. The molecule has 310 valence electrons. The van der Waals surface area contributed by atoms with Gasteiger partial charge in [0.05, 0.1) is 19.3 Å². The summed E-state index contributed by atoms with van der Waals surface area (Å²) in [5.74, 6) is -0.237. The van der Waals surface area contributed by atoms with Gasteiger partial charge >= 0.3 is 24.3 Å². The largest absolute Gasteiger partial charge is 0.490 e. The highest BCUT2D eigenvalue weighted by molar-refractivity contribution is 5.92. The Morgan fingerprint density at radius 2 is 1.00 bits per heavy atom. The second kappa shape index (κ2) is 19.3. The van der Waals surface area contributed by atoms with Gasteiger partial charge in [-0.25, -0.2) is 0 Å². The first-order valence-corrected chi connectivity index (χ1v) is 19.9. The van der Waals surface area contributed by atoms with Crippen molar-refractivity contribution in [1.82, 2.24) is 0 Å². The summed E-state index contributed by atoms with van der Waals surface area (Å²) < 4.78 is 100. The molecule has 0 amide bonds. The van der Waals surface area contributed by atoms with Gasteiger partial charge in [0.2, 0.25) is 0 Å². The zero-order valence-corrected chi connectivity index (χ0v) is 32.7. The average Bonchev–Trinajstić information content (AvgIpc) is 3.15. The molecular weight excluding hydrogens is 750 g/mol. The molecule has 4 aromatic carbocycles. The first kappa shape index (κ1) is 43.6. The molecule has 2 aliphatic carbocycles. The normalized spacial score (nSPS) is 20.1. The highest BCUT2D eigenvalue weighted by atomic mass is 19.4. The lowest BCUT2D eigenvalue weighted by atomic mass is 9.89. The van der Waals surface area contributed by atoms with E-state index < -0.39 is 29.4 Å². The van der Waals surface area contributed by atoms with E-state index in [0.717, 1.165) is 62.5 Å². The molecule has 1 N–H and O–H groups in total. The molecule has 0 bridgehead atoms. The van der Waals surface area contributed by atoms with E-state index in [1.165, 1.54) is 31.4 Å². The molecule has 0 spiro atoms. The number of carbonyl (C=O) groups excluding carboxylic acids is 1. The van der Waals surface area contributed by atoms with Gasteiger partial charge in [-0.2, -0.15) is 26.3 Å². The number of hydrogen-bond acceptors (Lipinski definition) is 5. The van der Waals surface area contributed by atoms with Gasteiger partial charge in [-0.3, -0.25) is 9.59 Å². The lowest BCUT2D eigenvalue weighted by molar-refractivity contribution is -0.141. The quantitative estimate of drug-likeness (QED) is 0.113. The zero-order valence-electron chi connectivity index (χ0n) is 32.7. The van der Waals surface area contributed by atoms with Crippen LogP contribution in [0.3, 0.4) is 0 Å². The first-order chi connectivity index (χ1) is 27.0. The molecular formula is C45H52F6O6. The Bertz CT molecular complexity index is 1970. The molecule has 2 saturated carbocycles. The summed E-state index contributed by atoms with van der Waals surface area (Å²) in [6.45, 7) is 4.31. The van der Waals surface area contributed by atoms with Crippen molar-refractivity contribution in [3.8, 4) is 11.5 Å². The number of hydrogen-bond donors (Lipinski definition) is 1. The van der Waals surface area contributed by atoms with Gasteiger partial charge in [0.1, 0.15) is 22.6 Å². The Morgan fingerprint density at radius 3 is 1.37 bits per heavy atom. The van der Waals surface area contributed by atoms with E-state index in [0.29, 0.717) is 48.3 Å². The molecule has 0 heterocycles. The Balaban J connectivity index is 0.000000218. The van der Waals surface area contributed by atoms with Crippen LogP contribution in [-0.2, 0) is 39.5 Å². The predicted octanol–water partition coefficient (Wildman–Crippen LogP) is 12.5. The summed E-state index contributed by atoms with van der Waals surface area (Å²) >= 11 is 0. The van der Waals surface area contributed by atoms with Gasteiger partial charge in [-0.15, -0.1) is 0 Å². The van der Waals surface area contributed by atoms with Crippen LogP contribution in [0, 0.1) is 11.8 Å². The number of ether oxygens (including phenoxy) is 3. The molecule has 0 saturated heterocycles. The summed E-state index contributed by atoms with van der Waals surface area (Å²) in [6, 6.07) is 16.0. The zero-order chi connectivity index (χ0) is 41.3. The topological polar surface area (TPSA) is 82.1 Å². The summed E-state index contributed by atoms with van der Waals surface area (Å²) in [6.07, 6.45) is -0.365. The Hall–Kier alpha value is -4.48. The second-order valence-corrected chi connectivity index (χ2v) is 15.6. The predicted molar refractivity (Wildman–Crippen MR) is 208 cm³/mol. The van der Waals surface area contributed by atoms with Gasteiger partial charge in [0.25, 0.3) is 0 Å². The summed E-state index contributed by atoms with van der Waals surface area (Å²) in [7, 11) is 1.32. The highest BCUT2D eigenvalue weighted by Gasteiger charge is 2.39. The van der Waals surface area contributed by atoms with Crippen LogP contribution < -0.4 is 9.47 Å². The van der Waals surface area contributed by atoms with Gasteiger partial charge in [-0.05, 0) is 134 Å². The van der Waals surface area contributed by atoms with Crippen LogP contribution in [0.1, 0.15) is 113 Å². The monoisotopic (exact) mass is 802 g/mol. The number of fused-ring (bicyclic) bond motifs is 2. The van der Waals surface area contributed by atoms with Crippen LogP contribution in [-0.4, -0.2) is 36.4 Å². The van der Waals surface area contributed by atoms with E-state index in [1.54, 1.807) is 30.3 Å². The number of rotatable bonds is 12. The number of aliphatic carboxylic acids is 1. The van der Waals surface area contributed by atoms with Crippen molar-refractivity contribution < 1.29 is 55.2 Å². The number of carboxylic acids is 1. The molecule has 57 heavy (non-hydrogen) atoms. The maximum atomic E-state index is 14.0. The van der Waals surface area contributed by atoms with E-state index in [9.17, 15) is 35.9 Å². The molecule has 0 aromatic heterocycles. The number of benzene rings is 4. The van der Waals surface area contributed by atoms with Gasteiger partial charge in [-0.1, -0.05) is 62.4 Å². The van der Waals surface area contributed by atoms with E-state index in [1.807, 2.05) is 6.07 Å². The standard InChI is InChI=1S/C23H27F3O3.C22H25F3O3/c1-15-9-11-17(12-10-15)29-20-14-13-18-16(6-4-8-21(27)28-2)5-3-7-19(18)22(20)23(24,25)26;1-14-8-10-16(11-9-14)28-19-13-12-17-15(5-3-7-20(26)27)4-2-6-18(17)21(19)22(23,24)25/h3,5,7,13-15,17H,4,6,8-12H2,1-2H3;2,4,6,12-14,16H,3,5,7-11H2,1H3,(H,26,27). The first-order valence-electron chi connectivity index (χ1n) is 19.9. The van der Waals surface area contributed by atoms with E-state index >= 15 is 0 Å². The van der Waals surface area contributed by atoms with Crippen molar-refractivity contribution in [2.45, 2.75) is 128 Å². The number of methoxy groups -OCH3 is 1. The van der Waals surface area contributed by atoms with Crippen LogP contribution in [0.5, 0.6) is 11.5 Å². The van der Waals surface area contributed by atoms with Crippen LogP contribution in [0.2, 0.25) is 0 Å². The van der Waals surface area contributed by atoms with Crippen molar-refractivity contribution in [1.29, 1.82) is 0 Å². The highest BCUT2D eigenvalue weighted by Crippen LogP contribution is 2.45. The summed E-state index contributed by atoms with van der Waals surface area (Å²) in [4.78, 5) is 22.0. The maximum Gasteiger partial charge on any atom is 0.420 e. The fourth-order valence-electron chi connectivity index (χ4n) is 8.03. The van der Waals surface area contributed by atoms with Crippen LogP contribution >= 0.6 is 0 Å². The van der Waals surface area contributed by atoms with Crippen molar-refractivity contribution >= 4 is 33.5 Å². The molecule has 6 rings (SSSR count). The fourth-order valence-corrected chi connectivity index (χ4v) is 8.03. The van der Waals surface area contributed by atoms with Gasteiger partial charge in [0, 0.05) is 12.8 Å². The van der Waals surface area contributed by atoms with Crippen LogP contribution in [0.25, 0.3) is 21.5 Å². The molecule has 4 aromatic rings. The van der Waals surface area contributed by atoms with Gasteiger partial charge in [0.15, 0.2) is 0 Å². The Morgan fingerprint density at radius 1 is 0.596 bits per heavy atom. The molecule has 12 heteroatoms. The maximum absolute atomic E-state index is 14.0. The lowest BCUT2D eigenvalue weighted by Crippen LogP contribution is -2.24. The fraction of sp³-hybridized carbons (Fsp3) is 0.511. The number of esters is 1. The Kier molecular flexibility index (Phi) is 14.8. The van der Waals surface area contributed by atoms with Crippen LogP contribution in [0.4, 0.5) is 26.3 Å². The van der Waals surface area contributed by atoms with E-state index in [2.05, 4.69) is 18.6 Å². The SMILES string of the molecule is CC1CCC(Oc2ccc3c(CCCC(=O)O)cccc3c2C(F)(F)F)CC1.COC(=O)CCCc1cccc2c(C(F)(F)F)c(OC3CCC(C)CC3)ccc12. The molecule has 0 unspecified atom stereocenters. The number of carbonyl (C=O) groups is 2. The number of carboxylic acid groups (broad SMARTS) is 1. The minimum absolute atomic E-state index is 0.0101. The smallest absolute Gasteiger partial charge is 0.420 e. The van der Waals surface area contributed by atoms with Crippen molar-refractivity contribution in [3.63, 3.8) is 0 Å². The Labute approximate surface area is 329 Å². The second-order valence-electron chi connectivity index (χ2n) is 15.6. The third kappa shape index (κ3) is 11.8. The van der Waals surface area contributed by atoms with Crippen LogP contribution in [0.15, 0.2) is 60.7 Å². The number of aryl methyl sites for hydroxylation is 2. The van der Waals surface area contributed by atoms with Crippen molar-refractivity contribution in [2.24, 2.45) is 11.8 Å². The summed E-state index contributed by atoms with van der Waals surface area (Å²) in [5.41, 5.74) is 0.0735. The molecule has 2 fully saturated rings. The molecule has 2 aliphatic rings. The van der Waals surface area contributed by atoms with E-state index in [4.69, 9.17) is 14.6 Å². The minimum atomic E-state index is -4.53. The molecule has 0 radical (unpaired) electrons. The number of halogens is 6. The molecule has 0 aliphatic heterocycles. The molecule has 0 atom stereocenters. The van der Waals surface area contributed by atoms with Crippen molar-refractivity contribution in [3.05, 3.63) is 82.9 Å². The lowest BCUT2D eigenvalue weighted by Gasteiger charge is -2.28. The van der Waals surface area contributed by atoms with E-state index in [-0.39, 0.29) is 53.3 Å². The van der Waals surface area contributed by atoms with Crippen molar-refractivity contribution in [2.75, 3.05) is 7.11 Å². The van der Waals surface area contributed by atoms with Gasteiger partial charge < -0.3 is 19.3 Å². The number of alkyl halides is 6. The third-order valence-electron chi connectivity index (χ3n) is 11.2.